The van der Waals surface area contributed by atoms with E-state index in [0.717, 1.165) is 19.4 Å². The topological polar surface area (TPSA) is 58.4 Å². The number of nitrogens with zero attached hydrogens (tertiary/aromatic N) is 1. The van der Waals surface area contributed by atoms with Gasteiger partial charge in [-0.25, -0.2) is 0 Å². The molecule has 2 atom stereocenters. The molecular weight excluding hydrogens is 238 g/mol. The largest absolute Gasteiger partial charge is 0.399 e. The van der Waals surface area contributed by atoms with Crippen LogP contribution in [0.2, 0.25) is 0 Å². The number of fused-ring (bicyclic) bond motifs is 1. The molecule has 1 aromatic carbocycles. The van der Waals surface area contributed by atoms with Gasteiger partial charge in [0.2, 0.25) is 0 Å². The number of anilines is 1. The highest BCUT2D eigenvalue weighted by Gasteiger charge is 2.32. The summed E-state index contributed by atoms with van der Waals surface area (Å²) in [6, 6.07) is 8.13. The molecule has 2 saturated heterocycles. The lowest BCUT2D eigenvalue weighted by molar-refractivity contribution is 0.0896. The molecule has 0 radical (unpaired) electrons. The van der Waals surface area contributed by atoms with E-state index in [1.165, 1.54) is 19.4 Å². The van der Waals surface area contributed by atoms with E-state index in [4.69, 9.17) is 5.73 Å². The van der Waals surface area contributed by atoms with Crippen molar-refractivity contribution in [1.29, 1.82) is 0 Å². The van der Waals surface area contributed by atoms with Gasteiger partial charge in [-0.2, -0.15) is 0 Å². The molecule has 0 aromatic heterocycles. The standard InChI is InChI=1S/C15H21N3O/c16-12-5-3-11(4-6-12)15(19)17-13-7-9-18-8-1-2-14(18)10-13/h3-6,13-14H,1-2,7-10,16H2,(H,17,19). The maximum atomic E-state index is 12.2. The Morgan fingerprint density at radius 1 is 1.21 bits per heavy atom. The number of carbonyl (C=O) groups excluding carboxylic acids is 1. The van der Waals surface area contributed by atoms with Gasteiger partial charge in [0.15, 0.2) is 0 Å². The van der Waals surface area contributed by atoms with Crippen LogP contribution >= 0.6 is 0 Å². The van der Waals surface area contributed by atoms with E-state index in [0.29, 0.717) is 23.3 Å². The fourth-order valence-electron chi connectivity index (χ4n) is 3.26. The predicted octanol–water partition coefficient (Wildman–Crippen LogP) is 1.63. The predicted molar refractivity (Wildman–Crippen MR) is 75.9 cm³/mol. The minimum absolute atomic E-state index is 0.0245. The highest BCUT2D eigenvalue weighted by Crippen LogP contribution is 2.26. The summed E-state index contributed by atoms with van der Waals surface area (Å²) in [6.07, 6.45) is 4.76. The fraction of sp³-hybridized carbons (Fsp3) is 0.533. The molecule has 1 aromatic rings. The van der Waals surface area contributed by atoms with Crippen molar-refractivity contribution in [2.24, 2.45) is 0 Å². The molecular formula is C15H21N3O. The maximum Gasteiger partial charge on any atom is 0.251 e. The SMILES string of the molecule is Nc1ccc(C(=O)NC2CCN3CCCC3C2)cc1. The van der Waals surface area contributed by atoms with Crippen molar-refractivity contribution in [1.82, 2.24) is 10.2 Å². The number of rotatable bonds is 2. The first kappa shape index (κ1) is 12.5. The zero-order valence-electron chi connectivity index (χ0n) is 11.1. The molecule has 3 rings (SSSR count). The van der Waals surface area contributed by atoms with Gasteiger partial charge in [0.05, 0.1) is 0 Å². The second-order valence-corrected chi connectivity index (χ2v) is 5.65. The third kappa shape index (κ3) is 2.73. The number of amides is 1. The third-order valence-electron chi connectivity index (χ3n) is 4.33. The van der Waals surface area contributed by atoms with Gasteiger partial charge < -0.3 is 16.0 Å². The van der Waals surface area contributed by atoms with Crippen LogP contribution in [0, 0.1) is 0 Å². The Labute approximate surface area is 114 Å². The Balaban J connectivity index is 1.59. The number of nitrogens with one attached hydrogen (secondary N) is 1. The average molecular weight is 259 g/mol. The molecule has 102 valence electrons. The van der Waals surface area contributed by atoms with Crippen LogP contribution in [0.4, 0.5) is 5.69 Å². The molecule has 2 unspecified atom stereocenters. The first-order valence-electron chi connectivity index (χ1n) is 7.13. The number of hydrogen-bond donors (Lipinski definition) is 2. The van der Waals surface area contributed by atoms with E-state index in [1.54, 1.807) is 24.3 Å². The van der Waals surface area contributed by atoms with E-state index in [-0.39, 0.29) is 5.91 Å². The van der Waals surface area contributed by atoms with Gasteiger partial charge in [-0.1, -0.05) is 0 Å². The van der Waals surface area contributed by atoms with Crippen LogP contribution in [-0.2, 0) is 0 Å². The monoisotopic (exact) mass is 259 g/mol. The summed E-state index contributed by atoms with van der Waals surface area (Å²) in [4.78, 5) is 14.7. The molecule has 3 N–H and O–H groups in total. The van der Waals surface area contributed by atoms with Crippen molar-refractivity contribution < 1.29 is 4.79 Å². The van der Waals surface area contributed by atoms with Crippen LogP contribution in [0.3, 0.4) is 0 Å². The summed E-state index contributed by atoms with van der Waals surface area (Å²) in [5, 5.41) is 3.16. The molecule has 0 bridgehead atoms. The lowest BCUT2D eigenvalue weighted by Gasteiger charge is -2.35. The molecule has 4 nitrogen and oxygen atoms in total. The fourth-order valence-corrected chi connectivity index (χ4v) is 3.26. The number of hydrogen-bond acceptors (Lipinski definition) is 3. The van der Waals surface area contributed by atoms with E-state index in [2.05, 4.69) is 10.2 Å². The van der Waals surface area contributed by atoms with Crippen LogP contribution in [0.15, 0.2) is 24.3 Å². The molecule has 2 heterocycles. The van der Waals surface area contributed by atoms with Crippen molar-refractivity contribution in [3.63, 3.8) is 0 Å². The minimum atomic E-state index is 0.0245. The molecule has 0 aliphatic carbocycles. The van der Waals surface area contributed by atoms with Gasteiger partial charge in [0.1, 0.15) is 0 Å². The van der Waals surface area contributed by atoms with Crippen LogP contribution in [0.5, 0.6) is 0 Å². The molecule has 0 spiro atoms. The number of benzene rings is 1. The van der Waals surface area contributed by atoms with Crippen molar-refractivity contribution in [2.45, 2.75) is 37.8 Å². The van der Waals surface area contributed by atoms with Crippen molar-refractivity contribution in [3.8, 4) is 0 Å². The summed E-state index contributed by atoms with van der Waals surface area (Å²) in [5.74, 6) is 0.0245. The summed E-state index contributed by atoms with van der Waals surface area (Å²) < 4.78 is 0. The van der Waals surface area contributed by atoms with E-state index >= 15 is 0 Å². The number of nitrogens with two attached hydrogens (primary N) is 1. The van der Waals surface area contributed by atoms with Gasteiger partial charge in [0, 0.05) is 29.9 Å². The van der Waals surface area contributed by atoms with E-state index in [1.807, 2.05) is 0 Å². The Morgan fingerprint density at radius 3 is 2.79 bits per heavy atom. The Morgan fingerprint density at radius 2 is 2.00 bits per heavy atom. The van der Waals surface area contributed by atoms with Gasteiger partial charge in [-0.05, 0) is 56.5 Å². The van der Waals surface area contributed by atoms with Crippen molar-refractivity contribution in [3.05, 3.63) is 29.8 Å². The average Bonchev–Trinajstić information content (AvgIpc) is 2.87. The number of carbonyl (C=O) groups is 1. The molecule has 2 aliphatic heterocycles. The summed E-state index contributed by atoms with van der Waals surface area (Å²) in [6.45, 7) is 2.36. The zero-order valence-corrected chi connectivity index (χ0v) is 11.1. The van der Waals surface area contributed by atoms with Gasteiger partial charge in [0.25, 0.3) is 5.91 Å². The lowest BCUT2D eigenvalue weighted by atomic mass is 9.97. The normalized spacial score (nSPS) is 26.9. The third-order valence-corrected chi connectivity index (χ3v) is 4.33. The lowest BCUT2D eigenvalue weighted by Crippen LogP contribution is -2.47. The quantitative estimate of drug-likeness (QED) is 0.794. The van der Waals surface area contributed by atoms with Crippen molar-refractivity contribution in [2.75, 3.05) is 18.8 Å². The minimum Gasteiger partial charge on any atom is -0.399 e. The second-order valence-electron chi connectivity index (χ2n) is 5.65. The molecule has 1 amide bonds. The Hall–Kier alpha value is -1.55. The van der Waals surface area contributed by atoms with Crippen LogP contribution in [0.25, 0.3) is 0 Å². The molecule has 4 heteroatoms. The van der Waals surface area contributed by atoms with Crippen molar-refractivity contribution >= 4 is 11.6 Å². The zero-order chi connectivity index (χ0) is 13.2. The Bertz CT molecular complexity index is 457. The van der Waals surface area contributed by atoms with Gasteiger partial charge in [-0.3, -0.25) is 4.79 Å². The number of piperidine rings is 1. The maximum absolute atomic E-state index is 12.2. The molecule has 19 heavy (non-hydrogen) atoms. The molecule has 0 saturated carbocycles. The Kier molecular flexibility index (Phi) is 3.42. The van der Waals surface area contributed by atoms with Gasteiger partial charge >= 0.3 is 0 Å². The summed E-state index contributed by atoms with van der Waals surface area (Å²) in [5.41, 5.74) is 7.02. The van der Waals surface area contributed by atoms with E-state index in [9.17, 15) is 4.79 Å². The first-order valence-corrected chi connectivity index (χ1v) is 7.13. The van der Waals surface area contributed by atoms with Crippen LogP contribution < -0.4 is 11.1 Å². The second kappa shape index (κ2) is 5.21. The molecule has 2 fully saturated rings. The molecule has 2 aliphatic rings. The first-order chi connectivity index (χ1) is 9.22. The highest BCUT2D eigenvalue weighted by atomic mass is 16.1. The van der Waals surface area contributed by atoms with Crippen LogP contribution in [0.1, 0.15) is 36.0 Å². The van der Waals surface area contributed by atoms with E-state index < -0.39 is 0 Å². The smallest absolute Gasteiger partial charge is 0.251 e. The summed E-state index contributed by atoms with van der Waals surface area (Å²) >= 11 is 0. The van der Waals surface area contributed by atoms with Gasteiger partial charge in [-0.15, -0.1) is 0 Å². The van der Waals surface area contributed by atoms with Crippen LogP contribution in [-0.4, -0.2) is 36.0 Å². The highest BCUT2D eigenvalue weighted by molar-refractivity contribution is 5.94. The number of nitrogen functional groups attached to an aromatic ring is 1. The summed E-state index contributed by atoms with van der Waals surface area (Å²) in [7, 11) is 0.